The maximum atomic E-state index is 11.7. The number of carboxylic acid groups (broad SMARTS) is 2. The van der Waals surface area contributed by atoms with Crippen molar-refractivity contribution in [2.75, 3.05) is 13.1 Å². The summed E-state index contributed by atoms with van der Waals surface area (Å²) in [5.74, 6) is -1.72. The Morgan fingerprint density at radius 3 is 1.41 bits per heavy atom. The van der Waals surface area contributed by atoms with Crippen LogP contribution in [0, 0.1) is 0 Å². The van der Waals surface area contributed by atoms with Crippen LogP contribution in [0.15, 0.2) is 0 Å². The van der Waals surface area contributed by atoms with Gasteiger partial charge in [-0.15, -0.1) is 0 Å². The Morgan fingerprint density at radius 1 is 0.630 bits per heavy atom. The van der Waals surface area contributed by atoms with Crippen LogP contribution in [0.2, 0.25) is 0 Å². The molecular weight excluding hydrogens is 346 g/mol. The summed E-state index contributed by atoms with van der Waals surface area (Å²) in [6, 6.07) is 0. The van der Waals surface area contributed by atoms with Crippen molar-refractivity contribution in [1.29, 1.82) is 0 Å². The van der Waals surface area contributed by atoms with Gasteiger partial charge in [0.05, 0.1) is 0 Å². The van der Waals surface area contributed by atoms with Gasteiger partial charge in [-0.25, -0.2) is 0 Å². The Balaban J connectivity index is 3.38. The van der Waals surface area contributed by atoms with Crippen molar-refractivity contribution >= 4 is 17.8 Å². The Labute approximate surface area is 164 Å². The first-order chi connectivity index (χ1) is 13.0. The van der Waals surface area contributed by atoms with Gasteiger partial charge in [0.1, 0.15) is 6.54 Å². The maximum Gasteiger partial charge on any atom is 0.323 e. The third kappa shape index (κ3) is 17.6. The van der Waals surface area contributed by atoms with E-state index in [1.165, 1.54) is 49.8 Å². The third-order valence-electron chi connectivity index (χ3n) is 4.80. The minimum Gasteiger partial charge on any atom is -0.481 e. The number of aliphatic carboxylic acids is 2. The molecule has 0 rings (SSSR count). The molecule has 0 bridgehead atoms. The molecule has 6 nitrogen and oxygen atoms in total. The monoisotopic (exact) mass is 385 g/mol. The van der Waals surface area contributed by atoms with E-state index in [-0.39, 0.29) is 12.5 Å². The van der Waals surface area contributed by atoms with E-state index in [1.807, 2.05) is 0 Å². The lowest BCUT2D eigenvalue weighted by atomic mass is 10.0. The summed E-state index contributed by atoms with van der Waals surface area (Å²) in [6.45, 7) is 2.12. The van der Waals surface area contributed by atoms with E-state index >= 15 is 0 Å². The molecule has 6 heteroatoms. The van der Waals surface area contributed by atoms with Gasteiger partial charge in [0.2, 0.25) is 5.91 Å². The Kier molecular flexibility index (Phi) is 16.8. The van der Waals surface area contributed by atoms with E-state index in [2.05, 4.69) is 0 Å². The highest BCUT2D eigenvalue weighted by atomic mass is 16.4. The standard InChI is InChI=1S/C21H39NO5/c1-2-19(23)22(18-21(26)27)17-15-13-11-9-7-5-3-4-6-8-10-12-14-16-20(24)25/h2-18H2,1H3,(H,24,25)(H,26,27). The molecule has 0 fully saturated rings. The fraction of sp³-hybridized carbons (Fsp3) is 0.857. The molecule has 0 saturated carbocycles. The van der Waals surface area contributed by atoms with E-state index < -0.39 is 11.9 Å². The quantitative estimate of drug-likeness (QED) is 0.310. The molecule has 0 atom stereocenters. The SMILES string of the molecule is CCC(=O)N(CCCCCCCCCCCCCCCC(=O)O)CC(=O)O. The number of rotatable bonds is 19. The third-order valence-corrected chi connectivity index (χ3v) is 4.80. The van der Waals surface area contributed by atoms with Crippen molar-refractivity contribution in [2.45, 2.75) is 103 Å². The van der Waals surface area contributed by atoms with Gasteiger partial charge in [-0.2, -0.15) is 0 Å². The van der Waals surface area contributed by atoms with Gasteiger partial charge in [0.15, 0.2) is 0 Å². The molecule has 0 aromatic heterocycles. The van der Waals surface area contributed by atoms with Crippen molar-refractivity contribution in [3.63, 3.8) is 0 Å². The summed E-state index contributed by atoms with van der Waals surface area (Å²) in [4.78, 5) is 34.3. The number of carbonyl (C=O) groups is 3. The van der Waals surface area contributed by atoms with Crippen LogP contribution in [0.4, 0.5) is 0 Å². The second-order valence-corrected chi connectivity index (χ2v) is 7.30. The lowest BCUT2D eigenvalue weighted by Gasteiger charge is -2.19. The maximum absolute atomic E-state index is 11.7. The minimum absolute atomic E-state index is 0.0840. The molecule has 27 heavy (non-hydrogen) atoms. The van der Waals surface area contributed by atoms with Crippen LogP contribution in [0.3, 0.4) is 0 Å². The van der Waals surface area contributed by atoms with Crippen LogP contribution in [0.1, 0.15) is 103 Å². The number of hydrogen-bond acceptors (Lipinski definition) is 3. The Morgan fingerprint density at radius 2 is 1.04 bits per heavy atom. The lowest BCUT2D eigenvalue weighted by Crippen LogP contribution is -2.35. The van der Waals surface area contributed by atoms with Gasteiger partial charge >= 0.3 is 11.9 Å². The van der Waals surface area contributed by atoms with Crippen LogP contribution in [-0.4, -0.2) is 46.0 Å². The number of carbonyl (C=O) groups excluding carboxylic acids is 1. The predicted molar refractivity (Wildman–Crippen MR) is 107 cm³/mol. The summed E-state index contributed by atoms with van der Waals surface area (Å²) in [5, 5.41) is 17.4. The largest absolute Gasteiger partial charge is 0.481 e. The fourth-order valence-electron chi connectivity index (χ4n) is 3.20. The van der Waals surface area contributed by atoms with Crippen molar-refractivity contribution in [2.24, 2.45) is 0 Å². The first-order valence-corrected chi connectivity index (χ1v) is 10.7. The number of carboxylic acids is 2. The summed E-state index contributed by atoms with van der Waals surface area (Å²) in [6.07, 6.45) is 15.4. The van der Waals surface area contributed by atoms with Gasteiger partial charge in [0.25, 0.3) is 0 Å². The minimum atomic E-state index is -0.947. The first-order valence-electron chi connectivity index (χ1n) is 10.7. The Hall–Kier alpha value is -1.59. The van der Waals surface area contributed by atoms with Gasteiger partial charge in [-0.3, -0.25) is 14.4 Å². The molecule has 2 N–H and O–H groups in total. The van der Waals surface area contributed by atoms with Crippen molar-refractivity contribution in [1.82, 2.24) is 4.90 Å². The van der Waals surface area contributed by atoms with E-state index in [0.29, 0.717) is 19.4 Å². The molecule has 0 aliphatic heterocycles. The van der Waals surface area contributed by atoms with Crippen LogP contribution in [0.25, 0.3) is 0 Å². The molecule has 0 aromatic carbocycles. The predicted octanol–water partition coefficient (Wildman–Crippen LogP) is 4.86. The van der Waals surface area contributed by atoms with E-state index in [0.717, 1.165) is 38.5 Å². The summed E-state index contributed by atoms with van der Waals surface area (Å²) < 4.78 is 0. The summed E-state index contributed by atoms with van der Waals surface area (Å²) in [5.41, 5.74) is 0. The number of hydrogen-bond donors (Lipinski definition) is 2. The van der Waals surface area contributed by atoms with Crippen LogP contribution in [0.5, 0.6) is 0 Å². The molecule has 0 radical (unpaired) electrons. The molecule has 158 valence electrons. The second-order valence-electron chi connectivity index (χ2n) is 7.30. The number of unbranched alkanes of at least 4 members (excludes halogenated alkanes) is 12. The molecule has 0 aromatic rings. The van der Waals surface area contributed by atoms with Gasteiger partial charge in [-0.05, 0) is 12.8 Å². The van der Waals surface area contributed by atoms with Crippen LogP contribution >= 0.6 is 0 Å². The number of amides is 1. The Bertz CT molecular complexity index is 411. The van der Waals surface area contributed by atoms with Gasteiger partial charge < -0.3 is 15.1 Å². The lowest BCUT2D eigenvalue weighted by molar-refractivity contribution is -0.144. The molecule has 1 amide bonds. The molecule has 0 spiro atoms. The zero-order chi connectivity index (χ0) is 20.3. The second kappa shape index (κ2) is 17.8. The van der Waals surface area contributed by atoms with Gasteiger partial charge in [-0.1, -0.05) is 77.6 Å². The molecule has 0 aliphatic rings. The van der Waals surface area contributed by atoms with Crippen molar-refractivity contribution < 1.29 is 24.6 Å². The van der Waals surface area contributed by atoms with Crippen molar-refractivity contribution in [3.05, 3.63) is 0 Å². The van der Waals surface area contributed by atoms with Crippen LogP contribution in [-0.2, 0) is 14.4 Å². The topological polar surface area (TPSA) is 94.9 Å². The highest BCUT2D eigenvalue weighted by molar-refractivity contribution is 5.81. The molecule has 0 unspecified atom stereocenters. The summed E-state index contributed by atoms with van der Waals surface area (Å²) >= 11 is 0. The first kappa shape index (κ1) is 25.4. The van der Waals surface area contributed by atoms with Crippen LogP contribution < -0.4 is 0 Å². The highest BCUT2D eigenvalue weighted by Crippen LogP contribution is 2.13. The zero-order valence-corrected chi connectivity index (χ0v) is 17.1. The fourth-order valence-corrected chi connectivity index (χ4v) is 3.20. The average molecular weight is 386 g/mol. The summed E-state index contributed by atoms with van der Waals surface area (Å²) in [7, 11) is 0. The average Bonchev–Trinajstić information content (AvgIpc) is 2.62. The number of nitrogens with zero attached hydrogens (tertiary/aromatic N) is 1. The molecule has 0 saturated heterocycles. The molecular formula is C21H39NO5. The molecule has 0 heterocycles. The van der Waals surface area contributed by atoms with E-state index in [9.17, 15) is 14.4 Å². The van der Waals surface area contributed by atoms with E-state index in [4.69, 9.17) is 10.2 Å². The zero-order valence-electron chi connectivity index (χ0n) is 17.1. The molecule has 0 aliphatic carbocycles. The highest BCUT2D eigenvalue weighted by Gasteiger charge is 2.14. The van der Waals surface area contributed by atoms with Crippen molar-refractivity contribution in [3.8, 4) is 0 Å². The van der Waals surface area contributed by atoms with Gasteiger partial charge in [0, 0.05) is 19.4 Å². The smallest absolute Gasteiger partial charge is 0.323 e. The van der Waals surface area contributed by atoms with E-state index in [1.54, 1.807) is 6.92 Å². The normalized spacial score (nSPS) is 10.7.